The molecule has 120 valence electrons. The average molecular weight is 312 g/mol. The highest BCUT2D eigenvalue weighted by Gasteiger charge is 2.09. The van der Waals surface area contributed by atoms with Crippen LogP contribution in [0.3, 0.4) is 0 Å². The van der Waals surface area contributed by atoms with Gasteiger partial charge in [-0.1, -0.05) is 29.8 Å². The maximum absolute atomic E-state index is 11.8. The van der Waals surface area contributed by atoms with Crippen molar-refractivity contribution in [2.24, 2.45) is 0 Å². The van der Waals surface area contributed by atoms with Gasteiger partial charge in [0, 0.05) is 17.8 Å². The van der Waals surface area contributed by atoms with Gasteiger partial charge in [-0.25, -0.2) is 4.79 Å². The quantitative estimate of drug-likeness (QED) is 0.743. The number of hydrogen-bond acceptors (Lipinski definition) is 3. The Balaban J connectivity index is 1.84. The molecule has 0 saturated heterocycles. The number of aliphatic hydroxyl groups is 1. The fourth-order valence-electron chi connectivity index (χ4n) is 2.06. The molecule has 0 aliphatic carbocycles. The highest BCUT2D eigenvalue weighted by molar-refractivity contribution is 5.95. The number of hydrogen-bond donors (Lipinski definition) is 3. The van der Waals surface area contributed by atoms with Crippen molar-refractivity contribution in [1.82, 2.24) is 5.32 Å². The number of aliphatic hydroxyl groups excluding tert-OH is 1. The van der Waals surface area contributed by atoms with Crippen LogP contribution in [0.15, 0.2) is 48.5 Å². The third-order valence-corrected chi connectivity index (χ3v) is 3.47. The highest BCUT2D eigenvalue weighted by Crippen LogP contribution is 2.13. The summed E-state index contributed by atoms with van der Waals surface area (Å²) in [7, 11) is 0. The van der Waals surface area contributed by atoms with Gasteiger partial charge in [0.2, 0.25) is 0 Å². The Bertz CT molecular complexity index is 678. The zero-order chi connectivity index (χ0) is 16.8. The van der Waals surface area contributed by atoms with Crippen LogP contribution in [0.1, 0.15) is 34.5 Å². The molecule has 0 aliphatic rings. The van der Waals surface area contributed by atoms with Crippen molar-refractivity contribution in [1.29, 1.82) is 0 Å². The van der Waals surface area contributed by atoms with E-state index in [0.29, 0.717) is 11.3 Å². The van der Waals surface area contributed by atoms with E-state index in [-0.39, 0.29) is 12.3 Å². The van der Waals surface area contributed by atoms with E-state index in [1.54, 1.807) is 24.3 Å². The summed E-state index contributed by atoms with van der Waals surface area (Å²) in [6, 6.07) is 13.7. The number of rotatable bonds is 5. The molecular weight excluding hydrogens is 292 g/mol. The fraction of sp³-hybridized carbons (Fsp3) is 0.222. The third-order valence-electron chi connectivity index (χ3n) is 3.47. The first-order valence-electron chi connectivity index (χ1n) is 7.36. The van der Waals surface area contributed by atoms with Crippen LogP contribution in [-0.4, -0.2) is 23.5 Å². The minimum atomic E-state index is -0.763. The summed E-state index contributed by atoms with van der Waals surface area (Å²) in [6.07, 6.45) is -0.763. The van der Waals surface area contributed by atoms with Crippen molar-refractivity contribution in [3.05, 3.63) is 65.2 Å². The molecule has 2 rings (SSSR count). The van der Waals surface area contributed by atoms with E-state index in [9.17, 15) is 14.7 Å². The monoisotopic (exact) mass is 312 g/mol. The number of carbonyl (C=O) groups is 2. The predicted molar refractivity (Wildman–Crippen MR) is 89.6 cm³/mol. The van der Waals surface area contributed by atoms with Gasteiger partial charge in [-0.2, -0.15) is 0 Å². The largest absolute Gasteiger partial charge is 0.387 e. The Hall–Kier alpha value is -2.66. The SMILES string of the molecule is CC(=O)c1ccc(NC(=O)NC[C@H](O)c2ccc(C)cc2)cc1. The van der Waals surface area contributed by atoms with Crippen molar-refractivity contribution in [3.8, 4) is 0 Å². The summed E-state index contributed by atoms with van der Waals surface area (Å²) in [5.74, 6) is -0.0257. The van der Waals surface area contributed by atoms with Crippen LogP contribution in [0, 0.1) is 6.92 Å². The lowest BCUT2D eigenvalue weighted by molar-refractivity contribution is 0.101. The van der Waals surface area contributed by atoms with E-state index in [2.05, 4.69) is 10.6 Å². The molecule has 5 heteroatoms. The van der Waals surface area contributed by atoms with E-state index in [0.717, 1.165) is 11.1 Å². The topological polar surface area (TPSA) is 78.4 Å². The predicted octanol–water partition coefficient (Wildman–Crippen LogP) is 3.05. The summed E-state index contributed by atoms with van der Waals surface area (Å²) in [4.78, 5) is 23.0. The van der Waals surface area contributed by atoms with Crippen molar-refractivity contribution in [3.63, 3.8) is 0 Å². The van der Waals surface area contributed by atoms with Crippen molar-refractivity contribution in [2.45, 2.75) is 20.0 Å². The van der Waals surface area contributed by atoms with Gasteiger partial charge in [0.15, 0.2) is 5.78 Å². The van der Waals surface area contributed by atoms with E-state index < -0.39 is 12.1 Å². The smallest absolute Gasteiger partial charge is 0.319 e. The summed E-state index contributed by atoms with van der Waals surface area (Å²) in [5, 5.41) is 15.3. The van der Waals surface area contributed by atoms with Crippen LogP contribution in [0.2, 0.25) is 0 Å². The molecule has 2 amide bonds. The standard InChI is InChI=1S/C18H20N2O3/c1-12-3-5-15(6-4-12)17(22)11-19-18(23)20-16-9-7-14(8-10-16)13(2)21/h3-10,17,22H,11H2,1-2H3,(H2,19,20,23)/t17-/m0/s1. The molecular formula is C18H20N2O3. The van der Waals surface area contributed by atoms with Crippen molar-refractivity contribution >= 4 is 17.5 Å². The van der Waals surface area contributed by atoms with Crippen LogP contribution in [0.4, 0.5) is 10.5 Å². The van der Waals surface area contributed by atoms with Gasteiger partial charge in [-0.15, -0.1) is 0 Å². The highest BCUT2D eigenvalue weighted by atomic mass is 16.3. The first-order chi connectivity index (χ1) is 11.0. The third kappa shape index (κ3) is 4.93. The number of carbonyl (C=O) groups excluding carboxylic acids is 2. The maximum atomic E-state index is 11.8. The summed E-state index contributed by atoms with van der Waals surface area (Å²) in [5.41, 5.74) is 3.03. The second-order valence-electron chi connectivity index (χ2n) is 5.40. The fourth-order valence-corrected chi connectivity index (χ4v) is 2.06. The lowest BCUT2D eigenvalue weighted by Gasteiger charge is -2.13. The first-order valence-corrected chi connectivity index (χ1v) is 7.36. The summed E-state index contributed by atoms with van der Waals surface area (Å²) < 4.78 is 0. The van der Waals surface area contributed by atoms with Gasteiger partial charge < -0.3 is 15.7 Å². The average Bonchev–Trinajstić information content (AvgIpc) is 2.54. The molecule has 0 saturated carbocycles. The lowest BCUT2D eigenvalue weighted by atomic mass is 10.1. The molecule has 5 nitrogen and oxygen atoms in total. The molecule has 0 aliphatic heterocycles. The van der Waals surface area contributed by atoms with Gasteiger partial charge in [0.05, 0.1) is 6.10 Å². The molecule has 0 radical (unpaired) electrons. The Morgan fingerprint density at radius 1 is 1.04 bits per heavy atom. The zero-order valence-electron chi connectivity index (χ0n) is 13.2. The number of urea groups is 1. The Labute approximate surface area is 135 Å². The molecule has 0 fully saturated rings. The number of amides is 2. The Morgan fingerprint density at radius 3 is 2.22 bits per heavy atom. The van der Waals surface area contributed by atoms with E-state index >= 15 is 0 Å². The summed E-state index contributed by atoms with van der Waals surface area (Å²) >= 11 is 0. The molecule has 23 heavy (non-hydrogen) atoms. The normalized spacial score (nSPS) is 11.6. The Kier molecular flexibility index (Phi) is 5.49. The molecule has 0 heterocycles. The molecule has 1 atom stereocenters. The van der Waals surface area contributed by atoms with Gasteiger partial charge >= 0.3 is 6.03 Å². The van der Waals surface area contributed by atoms with E-state index in [1.807, 2.05) is 31.2 Å². The van der Waals surface area contributed by atoms with Crippen molar-refractivity contribution in [2.75, 3.05) is 11.9 Å². The number of aryl methyl sites for hydroxylation is 1. The lowest BCUT2D eigenvalue weighted by Crippen LogP contribution is -2.32. The zero-order valence-corrected chi connectivity index (χ0v) is 13.2. The van der Waals surface area contributed by atoms with Crippen LogP contribution < -0.4 is 10.6 Å². The van der Waals surface area contributed by atoms with Crippen LogP contribution in [0.5, 0.6) is 0 Å². The van der Waals surface area contributed by atoms with E-state index in [1.165, 1.54) is 6.92 Å². The second kappa shape index (κ2) is 7.56. The Morgan fingerprint density at radius 2 is 1.65 bits per heavy atom. The van der Waals surface area contributed by atoms with Gasteiger partial charge in [0.1, 0.15) is 0 Å². The number of nitrogens with one attached hydrogen (secondary N) is 2. The van der Waals surface area contributed by atoms with Crippen LogP contribution in [-0.2, 0) is 0 Å². The van der Waals surface area contributed by atoms with Crippen LogP contribution >= 0.6 is 0 Å². The van der Waals surface area contributed by atoms with Crippen molar-refractivity contribution < 1.29 is 14.7 Å². The number of Topliss-reactive ketones (excluding diaryl/α,β-unsaturated/α-hetero) is 1. The van der Waals surface area contributed by atoms with Crippen LogP contribution in [0.25, 0.3) is 0 Å². The van der Waals surface area contributed by atoms with Gasteiger partial charge in [-0.3, -0.25) is 4.79 Å². The molecule has 0 unspecified atom stereocenters. The number of ketones is 1. The maximum Gasteiger partial charge on any atom is 0.319 e. The second-order valence-corrected chi connectivity index (χ2v) is 5.40. The number of benzene rings is 2. The molecule has 2 aromatic carbocycles. The summed E-state index contributed by atoms with van der Waals surface area (Å²) in [6.45, 7) is 3.57. The number of anilines is 1. The minimum absolute atomic E-state index is 0.0257. The molecule has 0 spiro atoms. The van der Waals surface area contributed by atoms with Gasteiger partial charge in [-0.05, 0) is 43.7 Å². The first kappa shape index (κ1) is 16.7. The molecule has 2 aromatic rings. The minimum Gasteiger partial charge on any atom is -0.387 e. The van der Waals surface area contributed by atoms with Gasteiger partial charge in [0.25, 0.3) is 0 Å². The molecule has 0 aromatic heterocycles. The molecule has 0 bridgehead atoms. The molecule has 3 N–H and O–H groups in total. The van der Waals surface area contributed by atoms with E-state index in [4.69, 9.17) is 0 Å².